The van der Waals surface area contributed by atoms with Gasteiger partial charge in [0, 0.05) is 44.3 Å². The smallest absolute Gasteiger partial charge is 0.253 e. The van der Waals surface area contributed by atoms with E-state index in [9.17, 15) is 4.79 Å². The molecule has 1 unspecified atom stereocenters. The first-order chi connectivity index (χ1) is 14.2. The molecule has 0 N–H and O–H groups in total. The number of aryl methyl sites for hydroxylation is 1. The molecule has 3 heterocycles. The van der Waals surface area contributed by atoms with Gasteiger partial charge in [0.05, 0.1) is 0 Å². The highest BCUT2D eigenvalue weighted by atomic mass is 16.2. The van der Waals surface area contributed by atoms with Crippen LogP contribution in [0.4, 0.5) is 11.6 Å². The Hall–Kier alpha value is -2.63. The van der Waals surface area contributed by atoms with Crippen molar-refractivity contribution in [2.75, 3.05) is 42.5 Å². The lowest BCUT2D eigenvalue weighted by Gasteiger charge is -2.36. The second kappa shape index (κ2) is 8.80. The molecule has 154 valence electrons. The Kier molecular flexibility index (Phi) is 5.97. The quantitative estimate of drug-likeness (QED) is 0.797. The standard InChI is InChI=1S/C23H31N5O/c1-3-19-7-9-20(10-8-19)23(29)27-16-14-26(15-17-27)21-11-12-22(25-24-21)28-13-5-4-6-18(28)2/h7-12,18H,3-6,13-17H2,1-2H3. The number of hydrogen-bond donors (Lipinski definition) is 0. The van der Waals surface area contributed by atoms with E-state index in [4.69, 9.17) is 0 Å². The van der Waals surface area contributed by atoms with Gasteiger partial charge >= 0.3 is 0 Å². The number of nitrogens with zero attached hydrogens (tertiary/aromatic N) is 5. The molecular formula is C23H31N5O. The molecule has 0 aliphatic carbocycles. The first-order valence-electron chi connectivity index (χ1n) is 10.9. The lowest BCUT2D eigenvalue weighted by molar-refractivity contribution is 0.0746. The Bertz CT molecular complexity index is 812. The first-order valence-corrected chi connectivity index (χ1v) is 10.9. The van der Waals surface area contributed by atoms with Gasteiger partial charge in [-0.25, -0.2) is 0 Å². The zero-order valence-corrected chi connectivity index (χ0v) is 17.5. The molecule has 1 amide bonds. The summed E-state index contributed by atoms with van der Waals surface area (Å²) in [5, 5.41) is 8.99. The van der Waals surface area contributed by atoms with Crippen molar-refractivity contribution in [3.8, 4) is 0 Å². The molecule has 1 atom stereocenters. The number of benzene rings is 1. The van der Waals surface area contributed by atoms with E-state index in [1.807, 2.05) is 29.2 Å². The third-order valence-corrected chi connectivity index (χ3v) is 6.23. The second-order valence-electron chi connectivity index (χ2n) is 8.12. The fourth-order valence-electron chi connectivity index (χ4n) is 4.28. The summed E-state index contributed by atoms with van der Waals surface area (Å²) in [6, 6.07) is 12.7. The highest BCUT2D eigenvalue weighted by Gasteiger charge is 2.24. The molecule has 0 bridgehead atoms. The van der Waals surface area contributed by atoms with Crippen molar-refractivity contribution in [1.82, 2.24) is 15.1 Å². The third kappa shape index (κ3) is 4.36. The van der Waals surface area contributed by atoms with E-state index in [1.54, 1.807) is 0 Å². The maximum Gasteiger partial charge on any atom is 0.253 e. The minimum Gasteiger partial charge on any atom is -0.352 e. The lowest BCUT2D eigenvalue weighted by atomic mass is 10.0. The average Bonchev–Trinajstić information content (AvgIpc) is 2.79. The summed E-state index contributed by atoms with van der Waals surface area (Å²) in [6.07, 6.45) is 4.74. The van der Waals surface area contributed by atoms with Crippen molar-refractivity contribution in [1.29, 1.82) is 0 Å². The third-order valence-electron chi connectivity index (χ3n) is 6.23. The largest absolute Gasteiger partial charge is 0.352 e. The zero-order valence-electron chi connectivity index (χ0n) is 17.5. The number of aromatic nitrogens is 2. The molecule has 6 nitrogen and oxygen atoms in total. The van der Waals surface area contributed by atoms with E-state index in [1.165, 1.54) is 24.8 Å². The Morgan fingerprint density at radius 2 is 1.62 bits per heavy atom. The van der Waals surface area contributed by atoms with Crippen LogP contribution in [-0.4, -0.2) is 59.8 Å². The van der Waals surface area contributed by atoms with E-state index in [0.717, 1.165) is 43.3 Å². The molecule has 29 heavy (non-hydrogen) atoms. The molecule has 0 spiro atoms. The molecule has 1 aromatic carbocycles. The minimum atomic E-state index is 0.118. The molecule has 6 heteroatoms. The van der Waals surface area contributed by atoms with Crippen LogP contribution in [-0.2, 0) is 6.42 Å². The second-order valence-corrected chi connectivity index (χ2v) is 8.12. The Balaban J connectivity index is 1.34. The summed E-state index contributed by atoms with van der Waals surface area (Å²) in [6.45, 7) is 8.44. The molecule has 4 rings (SSSR count). The van der Waals surface area contributed by atoms with Crippen LogP contribution in [0.2, 0.25) is 0 Å². The molecular weight excluding hydrogens is 362 g/mol. The average molecular weight is 394 g/mol. The number of piperazine rings is 1. The van der Waals surface area contributed by atoms with E-state index in [-0.39, 0.29) is 5.91 Å². The summed E-state index contributed by atoms with van der Waals surface area (Å²) in [5.41, 5.74) is 2.03. The lowest BCUT2D eigenvalue weighted by Crippen LogP contribution is -2.49. The maximum absolute atomic E-state index is 12.8. The Labute approximate surface area is 173 Å². The van der Waals surface area contributed by atoms with Crippen molar-refractivity contribution >= 4 is 17.5 Å². The van der Waals surface area contributed by atoms with Gasteiger partial charge in [0.15, 0.2) is 11.6 Å². The molecule has 2 aromatic rings. The van der Waals surface area contributed by atoms with Crippen molar-refractivity contribution < 1.29 is 4.79 Å². The van der Waals surface area contributed by atoms with E-state index >= 15 is 0 Å². The fourth-order valence-corrected chi connectivity index (χ4v) is 4.28. The van der Waals surface area contributed by atoms with Crippen LogP contribution in [0.25, 0.3) is 0 Å². The predicted molar refractivity (Wildman–Crippen MR) is 117 cm³/mol. The van der Waals surface area contributed by atoms with Crippen LogP contribution >= 0.6 is 0 Å². The van der Waals surface area contributed by atoms with Gasteiger partial charge in [-0.1, -0.05) is 19.1 Å². The summed E-state index contributed by atoms with van der Waals surface area (Å²) in [5.74, 6) is 2.00. The number of hydrogen-bond acceptors (Lipinski definition) is 5. The summed E-state index contributed by atoms with van der Waals surface area (Å²) >= 11 is 0. The van der Waals surface area contributed by atoms with Crippen molar-refractivity contribution in [3.63, 3.8) is 0 Å². The van der Waals surface area contributed by atoms with Crippen molar-refractivity contribution in [2.45, 2.75) is 45.6 Å². The van der Waals surface area contributed by atoms with E-state index < -0.39 is 0 Å². The number of piperidine rings is 1. The first kappa shape index (κ1) is 19.7. The maximum atomic E-state index is 12.8. The molecule has 2 aliphatic heterocycles. The van der Waals surface area contributed by atoms with Gasteiger partial charge in [0.1, 0.15) is 0 Å². The van der Waals surface area contributed by atoms with Gasteiger partial charge in [-0.2, -0.15) is 0 Å². The molecule has 2 fully saturated rings. The monoisotopic (exact) mass is 393 g/mol. The normalized spacial score (nSPS) is 20.1. The highest BCUT2D eigenvalue weighted by molar-refractivity contribution is 5.94. The molecule has 2 aliphatic rings. The van der Waals surface area contributed by atoms with E-state index in [0.29, 0.717) is 19.1 Å². The summed E-state index contributed by atoms with van der Waals surface area (Å²) in [7, 11) is 0. The SMILES string of the molecule is CCc1ccc(C(=O)N2CCN(c3ccc(N4CCCCC4C)nn3)CC2)cc1. The number of amides is 1. The summed E-state index contributed by atoms with van der Waals surface area (Å²) in [4.78, 5) is 19.3. The van der Waals surface area contributed by atoms with Gasteiger partial charge in [0.25, 0.3) is 5.91 Å². The number of rotatable bonds is 4. The van der Waals surface area contributed by atoms with Crippen LogP contribution in [0.5, 0.6) is 0 Å². The van der Waals surface area contributed by atoms with Crippen LogP contribution in [0, 0.1) is 0 Å². The molecule has 2 saturated heterocycles. The topological polar surface area (TPSA) is 52.6 Å². The summed E-state index contributed by atoms with van der Waals surface area (Å²) < 4.78 is 0. The molecule has 0 saturated carbocycles. The van der Waals surface area contributed by atoms with Crippen molar-refractivity contribution in [2.24, 2.45) is 0 Å². The molecule has 1 aromatic heterocycles. The zero-order chi connectivity index (χ0) is 20.2. The Morgan fingerprint density at radius 1 is 0.931 bits per heavy atom. The van der Waals surface area contributed by atoms with Gasteiger partial charge in [0.2, 0.25) is 0 Å². The fraction of sp³-hybridized carbons (Fsp3) is 0.522. The van der Waals surface area contributed by atoms with Gasteiger partial charge in [-0.05, 0) is 62.4 Å². The van der Waals surface area contributed by atoms with Gasteiger partial charge in [-0.3, -0.25) is 4.79 Å². The number of anilines is 2. The Morgan fingerprint density at radius 3 is 2.24 bits per heavy atom. The van der Waals surface area contributed by atoms with Crippen LogP contribution in [0.15, 0.2) is 36.4 Å². The van der Waals surface area contributed by atoms with Crippen LogP contribution in [0.3, 0.4) is 0 Å². The van der Waals surface area contributed by atoms with Crippen molar-refractivity contribution in [3.05, 3.63) is 47.5 Å². The van der Waals surface area contributed by atoms with Gasteiger partial charge < -0.3 is 14.7 Å². The molecule has 0 radical (unpaired) electrons. The van der Waals surface area contributed by atoms with Gasteiger partial charge in [-0.15, -0.1) is 10.2 Å². The van der Waals surface area contributed by atoms with Crippen LogP contribution < -0.4 is 9.80 Å². The highest BCUT2D eigenvalue weighted by Crippen LogP contribution is 2.24. The predicted octanol–water partition coefficient (Wildman–Crippen LogP) is 3.38. The number of carbonyl (C=O) groups is 1. The minimum absolute atomic E-state index is 0.118. The van der Waals surface area contributed by atoms with Crippen LogP contribution in [0.1, 0.15) is 49.0 Å². The number of carbonyl (C=O) groups excluding carboxylic acids is 1. The van der Waals surface area contributed by atoms with E-state index in [2.05, 4.69) is 46.0 Å².